The molecule has 1 atom stereocenters. The van der Waals surface area contributed by atoms with Gasteiger partial charge in [0.15, 0.2) is 0 Å². The fourth-order valence-electron chi connectivity index (χ4n) is 3.84. The van der Waals surface area contributed by atoms with Crippen LogP contribution in [-0.2, 0) is 0 Å². The molecule has 2 rings (SSSR count). The van der Waals surface area contributed by atoms with E-state index < -0.39 is 0 Å². The molecule has 0 radical (unpaired) electrons. The van der Waals surface area contributed by atoms with Gasteiger partial charge in [-0.3, -0.25) is 0 Å². The summed E-state index contributed by atoms with van der Waals surface area (Å²) in [6, 6.07) is 0.797. The summed E-state index contributed by atoms with van der Waals surface area (Å²) in [4.78, 5) is 0. The Kier molecular flexibility index (Phi) is 4.75. The first-order chi connectivity index (χ1) is 8.49. The van der Waals surface area contributed by atoms with E-state index in [0.717, 1.165) is 6.04 Å². The molecule has 1 heteroatoms. The Morgan fingerprint density at radius 1 is 0.833 bits per heavy atom. The third-order valence-electron chi connectivity index (χ3n) is 5.45. The third-order valence-corrected chi connectivity index (χ3v) is 5.45. The van der Waals surface area contributed by atoms with Gasteiger partial charge in [0.2, 0.25) is 0 Å². The lowest BCUT2D eigenvalue weighted by molar-refractivity contribution is 0.196. The van der Waals surface area contributed by atoms with Crippen molar-refractivity contribution in [1.29, 1.82) is 0 Å². The Bertz CT molecular complexity index is 250. The maximum atomic E-state index is 3.91. The fraction of sp³-hybridized carbons (Fsp3) is 1.00. The second-order valence-electron chi connectivity index (χ2n) is 8.04. The zero-order chi connectivity index (χ0) is 13.1. The first kappa shape index (κ1) is 14.4. The van der Waals surface area contributed by atoms with E-state index in [1.807, 2.05) is 0 Å². The van der Waals surface area contributed by atoms with Gasteiger partial charge in [-0.15, -0.1) is 0 Å². The van der Waals surface area contributed by atoms with Crippen LogP contribution in [0.1, 0.15) is 85.0 Å². The monoisotopic (exact) mass is 251 g/mol. The lowest BCUT2D eigenvalue weighted by Crippen LogP contribution is -2.39. The predicted molar refractivity (Wildman–Crippen MR) is 79.8 cm³/mol. The Labute approximate surface area is 114 Å². The van der Waals surface area contributed by atoms with E-state index in [1.54, 1.807) is 0 Å². The van der Waals surface area contributed by atoms with Gasteiger partial charge in [-0.25, -0.2) is 0 Å². The molecule has 106 valence electrons. The van der Waals surface area contributed by atoms with Gasteiger partial charge in [0.25, 0.3) is 0 Å². The standard InChI is InChI=1S/C17H33N/c1-16(2)10-7-8-15(9-13-16)18-14-17(3)11-5-4-6-12-17/h15,18H,4-14H2,1-3H3. The summed E-state index contributed by atoms with van der Waals surface area (Å²) < 4.78 is 0. The Balaban J connectivity index is 1.76. The van der Waals surface area contributed by atoms with Crippen molar-refractivity contribution in [3.63, 3.8) is 0 Å². The molecule has 0 heterocycles. The molecule has 2 saturated carbocycles. The van der Waals surface area contributed by atoms with Crippen molar-refractivity contribution in [2.45, 2.75) is 91.0 Å². The number of rotatable bonds is 3. The lowest BCUT2D eigenvalue weighted by atomic mass is 9.75. The van der Waals surface area contributed by atoms with Gasteiger partial charge in [0, 0.05) is 12.6 Å². The van der Waals surface area contributed by atoms with E-state index in [-0.39, 0.29) is 0 Å². The average Bonchev–Trinajstić information content (AvgIpc) is 2.49. The van der Waals surface area contributed by atoms with Crippen molar-refractivity contribution in [2.75, 3.05) is 6.54 Å². The van der Waals surface area contributed by atoms with Gasteiger partial charge in [0.1, 0.15) is 0 Å². The number of hydrogen-bond acceptors (Lipinski definition) is 1. The van der Waals surface area contributed by atoms with Crippen LogP contribution in [0.2, 0.25) is 0 Å². The van der Waals surface area contributed by atoms with Crippen molar-refractivity contribution < 1.29 is 0 Å². The molecule has 1 N–H and O–H groups in total. The van der Waals surface area contributed by atoms with Crippen molar-refractivity contribution in [1.82, 2.24) is 5.32 Å². The summed E-state index contributed by atoms with van der Waals surface area (Å²) in [6.45, 7) is 8.65. The fourth-order valence-corrected chi connectivity index (χ4v) is 3.84. The van der Waals surface area contributed by atoms with Crippen molar-refractivity contribution >= 4 is 0 Å². The maximum Gasteiger partial charge on any atom is 0.00674 e. The van der Waals surface area contributed by atoms with Gasteiger partial charge >= 0.3 is 0 Å². The highest BCUT2D eigenvalue weighted by Gasteiger charge is 2.29. The van der Waals surface area contributed by atoms with E-state index in [9.17, 15) is 0 Å². The summed E-state index contributed by atoms with van der Waals surface area (Å²) in [7, 11) is 0. The molecule has 0 saturated heterocycles. The minimum absolute atomic E-state index is 0.588. The summed E-state index contributed by atoms with van der Waals surface area (Å²) in [5, 5.41) is 3.91. The second-order valence-corrected chi connectivity index (χ2v) is 8.04. The average molecular weight is 251 g/mol. The molecule has 0 amide bonds. The first-order valence-electron chi connectivity index (χ1n) is 8.23. The SMILES string of the molecule is CC1(C)CCCC(NCC2(C)CCCCC2)CC1. The van der Waals surface area contributed by atoms with Crippen LogP contribution < -0.4 is 5.32 Å². The molecular formula is C17H33N. The van der Waals surface area contributed by atoms with Gasteiger partial charge < -0.3 is 5.32 Å². The van der Waals surface area contributed by atoms with Crippen molar-refractivity contribution in [3.8, 4) is 0 Å². The number of hydrogen-bond donors (Lipinski definition) is 1. The quantitative estimate of drug-likeness (QED) is 0.703. The van der Waals surface area contributed by atoms with Crippen LogP contribution >= 0.6 is 0 Å². The van der Waals surface area contributed by atoms with E-state index in [0.29, 0.717) is 10.8 Å². The van der Waals surface area contributed by atoms with Crippen LogP contribution in [0.25, 0.3) is 0 Å². The predicted octanol–water partition coefficient (Wildman–Crippen LogP) is 4.91. The molecule has 2 aliphatic rings. The topological polar surface area (TPSA) is 12.0 Å². The zero-order valence-electron chi connectivity index (χ0n) is 12.9. The van der Waals surface area contributed by atoms with Crippen LogP contribution in [0.15, 0.2) is 0 Å². The summed E-state index contributed by atoms with van der Waals surface area (Å²) in [6.07, 6.45) is 14.3. The Hall–Kier alpha value is -0.0400. The van der Waals surface area contributed by atoms with Gasteiger partial charge in [0.05, 0.1) is 0 Å². The third kappa shape index (κ3) is 4.26. The maximum absolute atomic E-state index is 3.91. The van der Waals surface area contributed by atoms with Crippen molar-refractivity contribution in [2.24, 2.45) is 10.8 Å². The van der Waals surface area contributed by atoms with Gasteiger partial charge in [-0.05, 0) is 49.4 Å². The van der Waals surface area contributed by atoms with Crippen LogP contribution in [0.4, 0.5) is 0 Å². The van der Waals surface area contributed by atoms with E-state index in [2.05, 4.69) is 26.1 Å². The minimum atomic E-state index is 0.588. The highest BCUT2D eigenvalue weighted by molar-refractivity contribution is 4.84. The molecule has 0 aromatic rings. The smallest absolute Gasteiger partial charge is 0.00674 e. The normalized spacial score (nSPS) is 31.8. The highest BCUT2D eigenvalue weighted by atomic mass is 14.9. The van der Waals surface area contributed by atoms with E-state index in [4.69, 9.17) is 0 Å². The van der Waals surface area contributed by atoms with Gasteiger partial charge in [-0.1, -0.05) is 46.5 Å². The number of nitrogens with one attached hydrogen (secondary N) is 1. The van der Waals surface area contributed by atoms with Crippen molar-refractivity contribution in [3.05, 3.63) is 0 Å². The summed E-state index contributed by atoms with van der Waals surface area (Å²) in [5.74, 6) is 0. The minimum Gasteiger partial charge on any atom is -0.313 e. The second kappa shape index (κ2) is 5.94. The largest absolute Gasteiger partial charge is 0.313 e. The lowest BCUT2D eigenvalue weighted by Gasteiger charge is -2.35. The van der Waals surface area contributed by atoms with E-state index in [1.165, 1.54) is 70.8 Å². The van der Waals surface area contributed by atoms with Crippen LogP contribution in [0, 0.1) is 10.8 Å². The molecule has 1 nitrogen and oxygen atoms in total. The van der Waals surface area contributed by atoms with Crippen LogP contribution in [-0.4, -0.2) is 12.6 Å². The Morgan fingerprint density at radius 2 is 1.56 bits per heavy atom. The molecular weight excluding hydrogens is 218 g/mol. The summed E-state index contributed by atoms with van der Waals surface area (Å²) >= 11 is 0. The molecule has 1 unspecified atom stereocenters. The molecule has 0 aromatic heterocycles. The van der Waals surface area contributed by atoms with Crippen LogP contribution in [0.5, 0.6) is 0 Å². The van der Waals surface area contributed by atoms with E-state index >= 15 is 0 Å². The molecule has 2 aliphatic carbocycles. The molecule has 0 aromatic carbocycles. The molecule has 0 bridgehead atoms. The van der Waals surface area contributed by atoms with Crippen LogP contribution in [0.3, 0.4) is 0 Å². The van der Waals surface area contributed by atoms with Gasteiger partial charge in [-0.2, -0.15) is 0 Å². The molecule has 18 heavy (non-hydrogen) atoms. The Morgan fingerprint density at radius 3 is 2.28 bits per heavy atom. The zero-order valence-corrected chi connectivity index (χ0v) is 12.9. The first-order valence-corrected chi connectivity index (χ1v) is 8.23. The molecule has 0 aliphatic heterocycles. The highest BCUT2D eigenvalue weighted by Crippen LogP contribution is 2.36. The summed E-state index contributed by atoms with van der Waals surface area (Å²) in [5.41, 5.74) is 1.19. The molecule has 0 spiro atoms. The molecule has 2 fully saturated rings.